The average molecular weight is 302 g/mol. The molecule has 2 unspecified atom stereocenters. The van der Waals surface area contributed by atoms with Gasteiger partial charge in [-0.05, 0) is 34.2 Å². The van der Waals surface area contributed by atoms with Gasteiger partial charge in [-0.3, -0.25) is 4.90 Å². The molecule has 0 amide bonds. The second-order valence-corrected chi connectivity index (χ2v) is 6.97. The van der Waals surface area contributed by atoms with E-state index in [1.54, 1.807) is 7.11 Å². The van der Waals surface area contributed by atoms with Crippen molar-refractivity contribution in [3.8, 4) is 0 Å². The molecular formula is C16H34N2O3. The second-order valence-electron chi connectivity index (χ2n) is 6.97. The molecule has 0 aromatic heterocycles. The number of hydrogen-bond acceptors (Lipinski definition) is 5. The molecule has 0 spiro atoms. The van der Waals surface area contributed by atoms with E-state index in [2.05, 4.69) is 44.8 Å². The van der Waals surface area contributed by atoms with Crippen molar-refractivity contribution in [2.45, 2.75) is 51.9 Å². The Hall–Kier alpha value is -0.200. The lowest BCUT2D eigenvalue weighted by molar-refractivity contribution is -0.0800. The summed E-state index contributed by atoms with van der Waals surface area (Å²) in [6.07, 6.45) is 0. The van der Waals surface area contributed by atoms with E-state index in [9.17, 15) is 5.11 Å². The first kappa shape index (κ1) is 18.8. The van der Waals surface area contributed by atoms with Crippen LogP contribution in [0.1, 0.15) is 34.6 Å². The van der Waals surface area contributed by atoms with Gasteiger partial charge in [-0.25, -0.2) is 0 Å². The van der Waals surface area contributed by atoms with Crippen LogP contribution in [-0.2, 0) is 9.47 Å². The van der Waals surface area contributed by atoms with E-state index < -0.39 is 0 Å². The summed E-state index contributed by atoms with van der Waals surface area (Å²) < 4.78 is 11.5. The van der Waals surface area contributed by atoms with Crippen LogP contribution in [0, 0.1) is 5.92 Å². The van der Waals surface area contributed by atoms with E-state index in [0.717, 1.165) is 19.6 Å². The van der Waals surface area contributed by atoms with Crippen molar-refractivity contribution in [3.63, 3.8) is 0 Å². The summed E-state index contributed by atoms with van der Waals surface area (Å²) in [5.41, 5.74) is -0.368. The lowest BCUT2D eigenvalue weighted by Gasteiger charge is -2.34. The Morgan fingerprint density at radius 3 is 2.38 bits per heavy atom. The van der Waals surface area contributed by atoms with Crippen LogP contribution in [0.3, 0.4) is 0 Å². The summed E-state index contributed by atoms with van der Waals surface area (Å²) in [7, 11) is 1.71. The van der Waals surface area contributed by atoms with Gasteiger partial charge in [-0.1, -0.05) is 6.92 Å². The Kier molecular flexibility index (Phi) is 7.07. The van der Waals surface area contributed by atoms with Gasteiger partial charge in [0, 0.05) is 38.7 Å². The number of nitrogens with zero attached hydrogens (tertiary/aromatic N) is 1. The molecule has 1 aliphatic rings. The van der Waals surface area contributed by atoms with Crippen LogP contribution >= 0.6 is 0 Å². The molecule has 0 aliphatic carbocycles. The number of hydrogen-bond donors (Lipinski definition) is 2. The third-order valence-corrected chi connectivity index (χ3v) is 4.48. The molecular weight excluding hydrogens is 268 g/mol. The monoisotopic (exact) mass is 302 g/mol. The molecule has 0 aromatic rings. The minimum absolute atomic E-state index is 0.174. The molecule has 1 aliphatic heterocycles. The highest BCUT2D eigenvalue weighted by atomic mass is 16.5. The van der Waals surface area contributed by atoms with Crippen LogP contribution in [0.5, 0.6) is 0 Å². The largest absolute Gasteiger partial charge is 0.395 e. The van der Waals surface area contributed by atoms with Crippen molar-refractivity contribution < 1.29 is 14.6 Å². The second kappa shape index (κ2) is 7.88. The van der Waals surface area contributed by atoms with E-state index in [1.807, 2.05) is 0 Å². The van der Waals surface area contributed by atoms with Crippen LogP contribution in [0.25, 0.3) is 0 Å². The quantitative estimate of drug-likeness (QED) is 0.668. The van der Waals surface area contributed by atoms with Gasteiger partial charge in [0.25, 0.3) is 0 Å². The molecule has 5 nitrogen and oxygen atoms in total. The Labute approximate surface area is 130 Å². The van der Waals surface area contributed by atoms with E-state index in [0.29, 0.717) is 25.1 Å². The van der Waals surface area contributed by atoms with Gasteiger partial charge in [-0.15, -0.1) is 0 Å². The van der Waals surface area contributed by atoms with Crippen molar-refractivity contribution in [3.05, 3.63) is 0 Å². The fourth-order valence-corrected chi connectivity index (χ4v) is 3.57. The molecule has 2 N–H and O–H groups in total. The molecule has 5 heteroatoms. The van der Waals surface area contributed by atoms with Crippen LogP contribution < -0.4 is 5.32 Å². The topological polar surface area (TPSA) is 54.0 Å². The molecule has 0 aromatic carbocycles. The fourth-order valence-electron chi connectivity index (χ4n) is 3.57. The summed E-state index contributed by atoms with van der Waals surface area (Å²) in [6, 6.07) is 0.307. The van der Waals surface area contributed by atoms with Crippen molar-refractivity contribution in [2.24, 2.45) is 5.92 Å². The number of likely N-dealkylation sites (N-methyl/N-ethyl adjacent to an activating group) is 1. The molecule has 1 saturated heterocycles. The van der Waals surface area contributed by atoms with E-state index >= 15 is 0 Å². The van der Waals surface area contributed by atoms with Crippen molar-refractivity contribution in [1.29, 1.82) is 0 Å². The van der Waals surface area contributed by atoms with E-state index in [4.69, 9.17) is 9.47 Å². The van der Waals surface area contributed by atoms with E-state index in [1.165, 1.54) is 0 Å². The van der Waals surface area contributed by atoms with Crippen LogP contribution in [0.4, 0.5) is 0 Å². The van der Waals surface area contributed by atoms with Gasteiger partial charge in [0.05, 0.1) is 24.4 Å². The van der Waals surface area contributed by atoms with Gasteiger partial charge >= 0.3 is 0 Å². The first-order valence-electron chi connectivity index (χ1n) is 8.04. The SMILES string of the molecule is CCNC1C(CN(CCO)CCOC)C(C)(C)OC1(C)C. The lowest BCUT2D eigenvalue weighted by atomic mass is 9.82. The fraction of sp³-hybridized carbons (Fsp3) is 1.00. The zero-order chi connectivity index (χ0) is 16.1. The van der Waals surface area contributed by atoms with Crippen LogP contribution in [0.2, 0.25) is 0 Å². The smallest absolute Gasteiger partial charge is 0.0790 e. The maximum atomic E-state index is 9.28. The van der Waals surface area contributed by atoms with Gasteiger partial charge in [-0.2, -0.15) is 0 Å². The molecule has 2 atom stereocenters. The van der Waals surface area contributed by atoms with E-state index in [-0.39, 0.29) is 17.8 Å². The molecule has 0 bridgehead atoms. The predicted octanol–water partition coefficient (Wildman–Crippen LogP) is 1.11. The average Bonchev–Trinajstić information content (AvgIpc) is 2.54. The summed E-state index contributed by atoms with van der Waals surface area (Å²) in [6.45, 7) is 15.0. The highest BCUT2D eigenvalue weighted by Gasteiger charge is 2.53. The lowest BCUT2D eigenvalue weighted by Crippen LogP contribution is -2.51. The molecule has 1 heterocycles. The predicted molar refractivity (Wildman–Crippen MR) is 85.6 cm³/mol. The standard InChI is InChI=1S/C16H34N2O3/c1-7-17-14-13(15(2,3)21-16(14,4)5)12-18(8-10-19)9-11-20-6/h13-14,17,19H,7-12H2,1-6H3. The highest BCUT2D eigenvalue weighted by molar-refractivity contribution is 5.06. The number of rotatable bonds is 9. The van der Waals surface area contributed by atoms with Gasteiger partial charge in [0.1, 0.15) is 0 Å². The minimum Gasteiger partial charge on any atom is -0.395 e. The number of ether oxygens (including phenoxy) is 2. The maximum Gasteiger partial charge on any atom is 0.0790 e. The number of aliphatic hydroxyl groups excluding tert-OH is 1. The Morgan fingerprint density at radius 1 is 1.19 bits per heavy atom. The summed E-state index contributed by atoms with van der Waals surface area (Å²) in [4.78, 5) is 2.27. The molecule has 0 saturated carbocycles. The van der Waals surface area contributed by atoms with Crippen molar-refractivity contribution in [2.75, 3.05) is 46.5 Å². The molecule has 1 fully saturated rings. The van der Waals surface area contributed by atoms with Crippen LogP contribution in [0.15, 0.2) is 0 Å². The zero-order valence-corrected chi connectivity index (χ0v) is 14.6. The first-order chi connectivity index (χ1) is 9.78. The zero-order valence-electron chi connectivity index (χ0n) is 14.6. The Balaban J connectivity index is 2.83. The summed E-state index contributed by atoms with van der Waals surface area (Å²) in [5, 5.41) is 12.9. The van der Waals surface area contributed by atoms with Gasteiger partial charge in [0.2, 0.25) is 0 Å². The Morgan fingerprint density at radius 2 is 1.86 bits per heavy atom. The third-order valence-electron chi connectivity index (χ3n) is 4.48. The van der Waals surface area contributed by atoms with Gasteiger partial charge in [0.15, 0.2) is 0 Å². The molecule has 0 radical (unpaired) electrons. The number of methoxy groups -OCH3 is 1. The normalized spacial score (nSPS) is 27.4. The maximum absolute atomic E-state index is 9.28. The molecule has 1 rings (SSSR count). The first-order valence-corrected chi connectivity index (χ1v) is 8.04. The summed E-state index contributed by atoms with van der Waals surface area (Å²) in [5.74, 6) is 0.371. The minimum atomic E-state index is -0.184. The number of nitrogens with one attached hydrogen (secondary N) is 1. The Bertz CT molecular complexity index is 308. The van der Waals surface area contributed by atoms with Crippen molar-refractivity contribution >= 4 is 0 Å². The van der Waals surface area contributed by atoms with Crippen molar-refractivity contribution in [1.82, 2.24) is 10.2 Å². The van der Waals surface area contributed by atoms with Gasteiger partial charge < -0.3 is 19.9 Å². The summed E-state index contributed by atoms with van der Waals surface area (Å²) >= 11 is 0. The number of aliphatic hydroxyl groups is 1. The third kappa shape index (κ3) is 4.89. The van der Waals surface area contributed by atoms with Crippen LogP contribution in [-0.4, -0.2) is 73.8 Å². The molecule has 21 heavy (non-hydrogen) atoms. The highest BCUT2D eigenvalue weighted by Crippen LogP contribution is 2.42. The molecule has 126 valence electrons.